The molecule has 0 aliphatic carbocycles. The van der Waals surface area contributed by atoms with Crippen molar-refractivity contribution in [2.45, 2.75) is 25.4 Å². The van der Waals surface area contributed by atoms with Crippen LogP contribution in [0.3, 0.4) is 0 Å². The lowest BCUT2D eigenvalue weighted by Crippen LogP contribution is -2.46. The highest BCUT2D eigenvalue weighted by molar-refractivity contribution is 6.30. The van der Waals surface area contributed by atoms with Crippen molar-refractivity contribution in [3.8, 4) is 0 Å². The number of halogens is 2. The fourth-order valence-electron chi connectivity index (χ4n) is 1.74. The molecule has 0 saturated heterocycles. The van der Waals surface area contributed by atoms with E-state index >= 15 is 0 Å². The minimum absolute atomic E-state index is 0.0804. The predicted octanol–water partition coefficient (Wildman–Crippen LogP) is 2.36. The maximum atomic E-state index is 13.0. The molecule has 1 atom stereocenters. The number of methoxy groups -OCH3 is 1. The average Bonchev–Trinajstić information content (AvgIpc) is 2.32. The van der Waals surface area contributed by atoms with Crippen LogP contribution in [0, 0.1) is 5.82 Å². The van der Waals surface area contributed by atoms with Gasteiger partial charge in [-0.1, -0.05) is 17.7 Å². The van der Waals surface area contributed by atoms with Crippen LogP contribution in [0.1, 0.15) is 18.9 Å². The van der Waals surface area contributed by atoms with Gasteiger partial charge in [0.1, 0.15) is 5.82 Å². The minimum atomic E-state index is -0.421. The monoisotopic (exact) mass is 275 g/mol. The lowest BCUT2D eigenvalue weighted by molar-refractivity contribution is 0.0969. The van der Waals surface area contributed by atoms with Crippen LogP contribution in [-0.2, 0) is 11.3 Å². The van der Waals surface area contributed by atoms with E-state index in [1.54, 1.807) is 19.2 Å². The van der Waals surface area contributed by atoms with Gasteiger partial charge in [0.2, 0.25) is 0 Å². The smallest absolute Gasteiger partial charge is 0.141 e. The number of rotatable bonds is 7. The topological polar surface area (TPSA) is 41.5 Å². The van der Waals surface area contributed by atoms with Crippen LogP contribution in [-0.4, -0.2) is 31.0 Å². The summed E-state index contributed by atoms with van der Waals surface area (Å²) < 4.78 is 18.1. The number of nitrogens with one attached hydrogen (secondary N) is 1. The fourth-order valence-corrected chi connectivity index (χ4v) is 1.95. The summed E-state index contributed by atoms with van der Waals surface area (Å²) in [6, 6.07) is 4.62. The van der Waals surface area contributed by atoms with Gasteiger partial charge in [-0.15, -0.1) is 0 Å². The number of hydrogen-bond donors (Lipinski definition) is 2. The minimum Gasteiger partial charge on any atom is -0.396 e. The summed E-state index contributed by atoms with van der Waals surface area (Å²) in [6.07, 6.45) is 0.579. The first-order valence-electron chi connectivity index (χ1n) is 5.79. The number of aliphatic hydroxyl groups is 1. The Kier molecular flexibility index (Phi) is 6.02. The van der Waals surface area contributed by atoms with Crippen LogP contribution in [0.25, 0.3) is 0 Å². The van der Waals surface area contributed by atoms with Crippen LogP contribution in [0.5, 0.6) is 0 Å². The molecule has 0 radical (unpaired) electrons. The molecule has 0 bridgehead atoms. The molecule has 0 heterocycles. The summed E-state index contributed by atoms with van der Waals surface area (Å²) >= 11 is 5.72. The zero-order valence-corrected chi connectivity index (χ0v) is 11.4. The van der Waals surface area contributed by atoms with E-state index < -0.39 is 5.82 Å². The molecule has 102 valence electrons. The van der Waals surface area contributed by atoms with Crippen molar-refractivity contribution < 1.29 is 14.2 Å². The van der Waals surface area contributed by atoms with Crippen LogP contribution >= 0.6 is 11.6 Å². The van der Waals surface area contributed by atoms with Crippen molar-refractivity contribution >= 4 is 11.6 Å². The molecule has 5 heteroatoms. The third-order valence-corrected chi connectivity index (χ3v) is 3.12. The molecule has 1 aromatic rings. The molecule has 0 aromatic heterocycles. The van der Waals surface area contributed by atoms with Crippen molar-refractivity contribution in [1.29, 1.82) is 0 Å². The van der Waals surface area contributed by atoms with Gasteiger partial charge in [0, 0.05) is 25.8 Å². The molecule has 2 N–H and O–H groups in total. The number of aliphatic hydroxyl groups excluding tert-OH is 1. The summed E-state index contributed by atoms with van der Waals surface area (Å²) in [7, 11) is 1.62. The Morgan fingerprint density at radius 2 is 2.22 bits per heavy atom. The molecule has 0 spiro atoms. The van der Waals surface area contributed by atoms with Gasteiger partial charge in [-0.2, -0.15) is 0 Å². The third-order valence-electron chi connectivity index (χ3n) is 2.83. The van der Waals surface area contributed by atoms with Gasteiger partial charge in [-0.25, -0.2) is 4.39 Å². The van der Waals surface area contributed by atoms with Crippen molar-refractivity contribution in [3.63, 3.8) is 0 Å². The van der Waals surface area contributed by atoms with Crippen molar-refractivity contribution in [2.75, 3.05) is 20.3 Å². The first-order valence-corrected chi connectivity index (χ1v) is 6.17. The first-order chi connectivity index (χ1) is 8.50. The van der Waals surface area contributed by atoms with Crippen molar-refractivity contribution in [3.05, 3.63) is 34.6 Å². The lowest BCUT2D eigenvalue weighted by atomic mass is 9.99. The Hall–Kier alpha value is -0.680. The Bertz CT molecular complexity index is 381. The highest BCUT2D eigenvalue weighted by Crippen LogP contribution is 2.17. The van der Waals surface area contributed by atoms with E-state index in [0.717, 1.165) is 5.56 Å². The van der Waals surface area contributed by atoms with E-state index in [2.05, 4.69) is 5.32 Å². The average molecular weight is 276 g/mol. The van der Waals surface area contributed by atoms with E-state index in [4.69, 9.17) is 21.4 Å². The molecule has 0 aliphatic heterocycles. The third kappa shape index (κ3) is 4.53. The fraction of sp³-hybridized carbons (Fsp3) is 0.538. The van der Waals surface area contributed by atoms with Gasteiger partial charge in [0.05, 0.1) is 11.6 Å². The van der Waals surface area contributed by atoms with Gasteiger partial charge in [0.15, 0.2) is 0 Å². The van der Waals surface area contributed by atoms with Gasteiger partial charge in [-0.3, -0.25) is 0 Å². The molecule has 1 aromatic carbocycles. The lowest BCUT2D eigenvalue weighted by Gasteiger charge is -2.29. The standard InChI is InChI=1S/C13H19ClFNO2/c1-13(5-6-17,9-18-2)16-8-10-3-4-12(15)11(14)7-10/h3-4,7,16-17H,5-6,8-9H2,1-2H3. The maximum Gasteiger partial charge on any atom is 0.141 e. The molecular weight excluding hydrogens is 257 g/mol. The van der Waals surface area contributed by atoms with Crippen LogP contribution in [0.2, 0.25) is 5.02 Å². The second kappa shape index (κ2) is 7.04. The molecule has 0 amide bonds. The van der Waals surface area contributed by atoms with E-state index in [-0.39, 0.29) is 17.2 Å². The van der Waals surface area contributed by atoms with Gasteiger partial charge in [-0.05, 0) is 31.0 Å². The Morgan fingerprint density at radius 3 is 2.78 bits per heavy atom. The highest BCUT2D eigenvalue weighted by Gasteiger charge is 2.22. The van der Waals surface area contributed by atoms with E-state index in [1.165, 1.54) is 6.07 Å². The summed E-state index contributed by atoms with van der Waals surface area (Å²) in [5.41, 5.74) is 0.575. The van der Waals surface area contributed by atoms with Gasteiger partial charge in [0.25, 0.3) is 0 Å². The summed E-state index contributed by atoms with van der Waals surface area (Å²) in [5, 5.41) is 12.5. The van der Waals surface area contributed by atoms with Crippen LogP contribution < -0.4 is 5.32 Å². The van der Waals surface area contributed by atoms with Gasteiger partial charge < -0.3 is 15.2 Å². The number of hydrogen-bond acceptors (Lipinski definition) is 3. The first kappa shape index (κ1) is 15.4. The zero-order chi connectivity index (χ0) is 13.6. The number of benzene rings is 1. The molecule has 0 fully saturated rings. The summed E-state index contributed by atoms with van der Waals surface area (Å²) in [5.74, 6) is -0.421. The van der Waals surface area contributed by atoms with Crippen LogP contribution in [0.4, 0.5) is 4.39 Å². The summed E-state index contributed by atoms with van der Waals surface area (Å²) in [4.78, 5) is 0. The maximum absolute atomic E-state index is 13.0. The van der Waals surface area contributed by atoms with E-state index in [0.29, 0.717) is 19.6 Å². The zero-order valence-electron chi connectivity index (χ0n) is 10.7. The molecule has 18 heavy (non-hydrogen) atoms. The molecule has 0 aliphatic rings. The largest absolute Gasteiger partial charge is 0.396 e. The van der Waals surface area contributed by atoms with Crippen LogP contribution in [0.15, 0.2) is 18.2 Å². The predicted molar refractivity (Wildman–Crippen MR) is 70.2 cm³/mol. The SMILES string of the molecule is COCC(C)(CCO)NCc1ccc(F)c(Cl)c1. The molecule has 1 rings (SSSR count). The highest BCUT2D eigenvalue weighted by atomic mass is 35.5. The Balaban J connectivity index is 2.63. The molecule has 1 unspecified atom stereocenters. The van der Waals surface area contributed by atoms with E-state index in [9.17, 15) is 4.39 Å². The Labute approximate surface area is 112 Å². The molecular formula is C13H19ClFNO2. The number of ether oxygens (including phenoxy) is 1. The second-order valence-corrected chi connectivity index (χ2v) is 4.98. The van der Waals surface area contributed by atoms with Gasteiger partial charge >= 0.3 is 0 Å². The second-order valence-electron chi connectivity index (χ2n) is 4.57. The van der Waals surface area contributed by atoms with E-state index in [1.807, 2.05) is 6.92 Å². The summed E-state index contributed by atoms with van der Waals surface area (Å²) in [6.45, 7) is 3.08. The molecule has 0 saturated carbocycles. The Morgan fingerprint density at radius 1 is 1.50 bits per heavy atom. The van der Waals surface area contributed by atoms with Crippen molar-refractivity contribution in [2.24, 2.45) is 0 Å². The van der Waals surface area contributed by atoms with Crippen molar-refractivity contribution in [1.82, 2.24) is 5.32 Å². The molecule has 3 nitrogen and oxygen atoms in total. The quantitative estimate of drug-likeness (QED) is 0.803. The normalized spacial score (nSPS) is 14.5.